The van der Waals surface area contributed by atoms with Gasteiger partial charge in [0.1, 0.15) is 0 Å². The van der Waals surface area contributed by atoms with Crippen molar-refractivity contribution in [2.24, 2.45) is 0 Å². The molecule has 130 valence electrons. The minimum absolute atomic E-state index is 0.129. The number of benzene rings is 2. The molecule has 0 fully saturated rings. The highest BCUT2D eigenvalue weighted by atomic mass is 79.9. The maximum Gasteiger partial charge on any atom is 0.338 e. The Balaban J connectivity index is 1.96. The SMILES string of the molecule is Cc1cc(Br)cc(C)c1NC(=O)COC(=O)c1ccc([N+](=O)[O-])cc1. The predicted molar refractivity (Wildman–Crippen MR) is 95.6 cm³/mol. The highest BCUT2D eigenvalue weighted by Gasteiger charge is 2.14. The molecule has 1 N–H and O–H groups in total. The van der Waals surface area contributed by atoms with Crippen LogP contribution in [0.25, 0.3) is 0 Å². The van der Waals surface area contributed by atoms with E-state index in [4.69, 9.17) is 4.74 Å². The minimum atomic E-state index is -0.728. The highest BCUT2D eigenvalue weighted by molar-refractivity contribution is 9.10. The monoisotopic (exact) mass is 406 g/mol. The Kier molecular flexibility index (Phi) is 5.87. The number of nitrogens with zero attached hydrogens (tertiary/aromatic N) is 1. The third-order valence-corrected chi connectivity index (χ3v) is 3.87. The molecule has 2 aromatic carbocycles. The topological polar surface area (TPSA) is 98.5 Å². The first-order valence-electron chi connectivity index (χ1n) is 7.26. The van der Waals surface area contributed by atoms with Crippen LogP contribution in [0.15, 0.2) is 40.9 Å². The Bertz CT molecular complexity index is 810. The summed E-state index contributed by atoms with van der Waals surface area (Å²) >= 11 is 3.38. The Morgan fingerprint density at radius 2 is 1.72 bits per heavy atom. The molecule has 0 heterocycles. The molecular formula is C17H15BrN2O5. The number of hydrogen-bond acceptors (Lipinski definition) is 5. The number of hydrogen-bond donors (Lipinski definition) is 1. The van der Waals surface area contributed by atoms with Crippen LogP contribution in [0.3, 0.4) is 0 Å². The summed E-state index contributed by atoms with van der Waals surface area (Å²) in [5, 5.41) is 13.3. The summed E-state index contributed by atoms with van der Waals surface area (Å²) in [5.74, 6) is -1.20. The number of nitro groups is 1. The van der Waals surface area contributed by atoms with Gasteiger partial charge in [-0.05, 0) is 49.2 Å². The molecule has 0 aromatic heterocycles. The summed E-state index contributed by atoms with van der Waals surface area (Å²) in [6.07, 6.45) is 0. The molecule has 8 heteroatoms. The molecule has 0 aliphatic rings. The molecule has 0 saturated carbocycles. The zero-order chi connectivity index (χ0) is 18.6. The summed E-state index contributed by atoms with van der Waals surface area (Å²) in [5.41, 5.74) is 2.42. The van der Waals surface area contributed by atoms with Crippen LogP contribution in [0.2, 0.25) is 0 Å². The third-order valence-electron chi connectivity index (χ3n) is 3.41. The smallest absolute Gasteiger partial charge is 0.338 e. The molecule has 0 saturated heterocycles. The van der Waals surface area contributed by atoms with E-state index in [9.17, 15) is 19.7 Å². The van der Waals surface area contributed by atoms with Crippen molar-refractivity contribution in [2.45, 2.75) is 13.8 Å². The van der Waals surface area contributed by atoms with E-state index >= 15 is 0 Å². The van der Waals surface area contributed by atoms with Crippen LogP contribution in [0.1, 0.15) is 21.5 Å². The number of rotatable bonds is 5. The third kappa shape index (κ3) is 4.87. The Hall–Kier alpha value is -2.74. The number of halogens is 1. The van der Waals surface area contributed by atoms with E-state index in [1.165, 1.54) is 24.3 Å². The van der Waals surface area contributed by atoms with Crippen molar-refractivity contribution in [3.8, 4) is 0 Å². The average Bonchev–Trinajstić information content (AvgIpc) is 2.56. The van der Waals surface area contributed by atoms with E-state index in [0.717, 1.165) is 15.6 Å². The number of carbonyl (C=O) groups excluding carboxylic acids is 2. The molecule has 0 aliphatic heterocycles. The normalized spacial score (nSPS) is 10.2. The summed E-state index contributed by atoms with van der Waals surface area (Å²) in [6.45, 7) is 3.26. The Morgan fingerprint density at radius 1 is 1.16 bits per heavy atom. The van der Waals surface area contributed by atoms with Crippen LogP contribution >= 0.6 is 15.9 Å². The number of nitrogens with one attached hydrogen (secondary N) is 1. The van der Waals surface area contributed by atoms with Gasteiger partial charge < -0.3 is 10.1 Å². The van der Waals surface area contributed by atoms with Crippen molar-refractivity contribution in [3.63, 3.8) is 0 Å². The lowest BCUT2D eigenvalue weighted by Gasteiger charge is -2.12. The molecular weight excluding hydrogens is 392 g/mol. The van der Waals surface area contributed by atoms with Gasteiger partial charge >= 0.3 is 5.97 Å². The summed E-state index contributed by atoms with van der Waals surface area (Å²) < 4.78 is 5.84. The summed E-state index contributed by atoms with van der Waals surface area (Å²) in [6, 6.07) is 8.69. The fraction of sp³-hybridized carbons (Fsp3) is 0.176. The number of carbonyl (C=O) groups is 2. The molecule has 2 aromatic rings. The lowest BCUT2D eigenvalue weighted by molar-refractivity contribution is -0.384. The number of ether oxygens (including phenoxy) is 1. The number of esters is 1. The molecule has 0 spiro atoms. The van der Waals surface area contributed by atoms with Crippen LogP contribution in [0.4, 0.5) is 11.4 Å². The van der Waals surface area contributed by atoms with Gasteiger partial charge in [0.15, 0.2) is 6.61 Å². The number of nitro benzene ring substituents is 1. The minimum Gasteiger partial charge on any atom is -0.452 e. The van der Waals surface area contributed by atoms with Gasteiger partial charge in [-0.3, -0.25) is 14.9 Å². The zero-order valence-electron chi connectivity index (χ0n) is 13.5. The van der Waals surface area contributed by atoms with Gasteiger partial charge in [-0.15, -0.1) is 0 Å². The summed E-state index contributed by atoms with van der Waals surface area (Å²) in [7, 11) is 0. The van der Waals surface area contributed by atoms with E-state index in [0.29, 0.717) is 5.69 Å². The lowest BCUT2D eigenvalue weighted by Crippen LogP contribution is -2.21. The number of aryl methyl sites for hydroxylation is 2. The van der Waals surface area contributed by atoms with E-state index in [1.54, 1.807) is 0 Å². The molecule has 0 unspecified atom stereocenters. The van der Waals surface area contributed by atoms with Gasteiger partial charge in [0.25, 0.3) is 11.6 Å². The fourth-order valence-corrected chi connectivity index (χ4v) is 2.90. The van der Waals surface area contributed by atoms with Gasteiger partial charge in [-0.25, -0.2) is 4.79 Å². The van der Waals surface area contributed by atoms with E-state index in [-0.39, 0.29) is 11.3 Å². The van der Waals surface area contributed by atoms with Gasteiger partial charge in [-0.2, -0.15) is 0 Å². The molecule has 25 heavy (non-hydrogen) atoms. The van der Waals surface area contributed by atoms with Crippen molar-refractivity contribution < 1.29 is 19.2 Å². The first kappa shape index (κ1) is 18.6. The van der Waals surface area contributed by atoms with Gasteiger partial charge in [0, 0.05) is 22.3 Å². The number of amides is 1. The van der Waals surface area contributed by atoms with Gasteiger partial charge in [0.05, 0.1) is 10.5 Å². The van der Waals surface area contributed by atoms with Crippen LogP contribution in [-0.4, -0.2) is 23.4 Å². The molecule has 0 bridgehead atoms. The quantitative estimate of drug-likeness (QED) is 0.462. The second-order valence-corrected chi connectivity index (χ2v) is 6.26. The van der Waals surface area contributed by atoms with Gasteiger partial charge in [0.2, 0.25) is 0 Å². The van der Waals surface area contributed by atoms with Crippen molar-refractivity contribution >= 4 is 39.2 Å². The van der Waals surface area contributed by atoms with E-state index < -0.39 is 23.4 Å². The number of anilines is 1. The fourth-order valence-electron chi connectivity index (χ4n) is 2.22. The standard InChI is InChI=1S/C17H15BrN2O5/c1-10-7-13(18)8-11(2)16(10)19-15(21)9-25-17(22)12-3-5-14(6-4-12)20(23)24/h3-8H,9H2,1-2H3,(H,19,21). The van der Waals surface area contributed by atoms with Crippen LogP contribution in [-0.2, 0) is 9.53 Å². The second-order valence-electron chi connectivity index (χ2n) is 5.34. The molecule has 7 nitrogen and oxygen atoms in total. The van der Waals surface area contributed by atoms with Crippen molar-refractivity contribution in [2.75, 3.05) is 11.9 Å². The van der Waals surface area contributed by atoms with Gasteiger partial charge in [-0.1, -0.05) is 15.9 Å². The number of non-ortho nitro benzene ring substituents is 1. The predicted octanol–water partition coefficient (Wildman–Crippen LogP) is 3.77. The summed E-state index contributed by atoms with van der Waals surface area (Å²) in [4.78, 5) is 33.9. The van der Waals surface area contributed by atoms with Crippen LogP contribution in [0, 0.1) is 24.0 Å². The average molecular weight is 407 g/mol. The maximum atomic E-state index is 12.0. The second kappa shape index (κ2) is 7.89. The highest BCUT2D eigenvalue weighted by Crippen LogP contribution is 2.25. The molecule has 1 amide bonds. The molecule has 0 aliphatic carbocycles. The molecule has 0 atom stereocenters. The van der Waals surface area contributed by atoms with Crippen molar-refractivity contribution in [3.05, 3.63) is 67.7 Å². The Labute approximate surface area is 152 Å². The maximum absolute atomic E-state index is 12.0. The lowest BCUT2D eigenvalue weighted by atomic mass is 10.1. The van der Waals surface area contributed by atoms with E-state index in [1.807, 2.05) is 26.0 Å². The van der Waals surface area contributed by atoms with E-state index in [2.05, 4.69) is 21.2 Å². The Morgan fingerprint density at radius 3 is 2.24 bits per heavy atom. The first-order valence-corrected chi connectivity index (χ1v) is 8.05. The first-order chi connectivity index (χ1) is 11.8. The molecule has 0 radical (unpaired) electrons. The van der Waals surface area contributed by atoms with Crippen LogP contribution in [0.5, 0.6) is 0 Å². The van der Waals surface area contributed by atoms with Crippen molar-refractivity contribution in [1.29, 1.82) is 0 Å². The largest absolute Gasteiger partial charge is 0.452 e. The zero-order valence-corrected chi connectivity index (χ0v) is 15.1. The van der Waals surface area contributed by atoms with Crippen LogP contribution < -0.4 is 5.32 Å². The van der Waals surface area contributed by atoms with Crippen molar-refractivity contribution in [1.82, 2.24) is 0 Å². The molecule has 2 rings (SSSR count).